The fourth-order valence-corrected chi connectivity index (χ4v) is 3.09. The summed E-state index contributed by atoms with van der Waals surface area (Å²) in [5.74, 6) is 0.0924. The number of carbonyl (C=O) groups excluding carboxylic acids is 1. The van der Waals surface area contributed by atoms with Crippen LogP contribution in [0.4, 0.5) is 0 Å². The van der Waals surface area contributed by atoms with E-state index in [4.69, 9.17) is 0 Å². The first-order valence-corrected chi connectivity index (χ1v) is 9.17. The van der Waals surface area contributed by atoms with Gasteiger partial charge in [0.1, 0.15) is 0 Å². The van der Waals surface area contributed by atoms with Gasteiger partial charge in [0.05, 0.1) is 6.04 Å². The maximum atomic E-state index is 12.5. The molecule has 0 aromatic heterocycles. The predicted octanol–water partition coefficient (Wildman–Crippen LogP) is 5.22. The van der Waals surface area contributed by atoms with Gasteiger partial charge in [0.2, 0.25) is 5.91 Å². The molecule has 0 atom stereocenters. The molecule has 2 nitrogen and oxygen atoms in total. The van der Waals surface area contributed by atoms with Gasteiger partial charge in [-0.05, 0) is 36.5 Å². The van der Waals surface area contributed by atoms with Crippen molar-refractivity contribution in [1.29, 1.82) is 0 Å². The SMILES string of the molecule is Cc1ccc(CCCC(=O)NC(c2ccccc2)c2ccccc2)cc1. The van der Waals surface area contributed by atoms with Gasteiger partial charge in [-0.1, -0.05) is 90.5 Å². The second kappa shape index (κ2) is 9.00. The highest BCUT2D eigenvalue weighted by Gasteiger charge is 2.16. The summed E-state index contributed by atoms with van der Waals surface area (Å²) in [6.45, 7) is 2.09. The average molecular weight is 343 g/mol. The van der Waals surface area contributed by atoms with Gasteiger partial charge < -0.3 is 5.32 Å². The highest BCUT2D eigenvalue weighted by atomic mass is 16.1. The molecule has 2 heteroatoms. The van der Waals surface area contributed by atoms with Crippen molar-refractivity contribution in [1.82, 2.24) is 5.32 Å². The van der Waals surface area contributed by atoms with E-state index in [0.29, 0.717) is 6.42 Å². The van der Waals surface area contributed by atoms with Crippen molar-refractivity contribution in [2.45, 2.75) is 32.2 Å². The van der Waals surface area contributed by atoms with Crippen molar-refractivity contribution in [2.24, 2.45) is 0 Å². The topological polar surface area (TPSA) is 29.1 Å². The summed E-state index contributed by atoms with van der Waals surface area (Å²) >= 11 is 0. The van der Waals surface area contributed by atoms with Crippen LogP contribution >= 0.6 is 0 Å². The first-order valence-electron chi connectivity index (χ1n) is 9.17. The molecule has 0 saturated carbocycles. The van der Waals surface area contributed by atoms with Crippen molar-refractivity contribution < 1.29 is 4.79 Å². The summed E-state index contributed by atoms with van der Waals surface area (Å²) in [6.07, 6.45) is 2.31. The van der Waals surface area contributed by atoms with Gasteiger partial charge in [-0.15, -0.1) is 0 Å². The average Bonchev–Trinajstić information content (AvgIpc) is 2.69. The summed E-state index contributed by atoms with van der Waals surface area (Å²) in [5, 5.41) is 3.21. The zero-order valence-corrected chi connectivity index (χ0v) is 15.2. The molecule has 0 unspecified atom stereocenters. The third-order valence-corrected chi connectivity index (χ3v) is 4.56. The molecule has 0 aliphatic heterocycles. The van der Waals surface area contributed by atoms with E-state index < -0.39 is 0 Å². The molecule has 26 heavy (non-hydrogen) atoms. The zero-order valence-electron chi connectivity index (χ0n) is 15.2. The Hall–Kier alpha value is -2.87. The molecule has 0 spiro atoms. The number of benzene rings is 3. The smallest absolute Gasteiger partial charge is 0.220 e. The van der Waals surface area contributed by atoms with Crippen LogP contribution in [0.2, 0.25) is 0 Å². The lowest BCUT2D eigenvalue weighted by atomic mass is 9.98. The van der Waals surface area contributed by atoms with E-state index in [-0.39, 0.29) is 11.9 Å². The Balaban J connectivity index is 1.61. The third kappa shape index (κ3) is 5.06. The molecule has 0 bridgehead atoms. The number of rotatable bonds is 7. The molecule has 0 aliphatic rings. The molecular formula is C24H25NO. The van der Waals surface area contributed by atoms with Crippen LogP contribution in [0.3, 0.4) is 0 Å². The molecule has 0 radical (unpaired) electrons. The van der Waals surface area contributed by atoms with Crippen LogP contribution < -0.4 is 5.32 Å². The minimum Gasteiger partial charge on any atom is -0.345 e. The second-order valence-corrected chi connectivity index (χ2v) is 6.66. The van der Waals surface area contributed by atoms with Gasteiger partial charge in [0.15, 0.2) is 0 Å². The van der Waals surface area contributed by atoms with Crippen molar-refractivity contribution >= 4 is 5.91 Å². The molecule has 3 aromatic rings. The van der Waals surface area contributed by atoms with E-state index in [9.17, 15) is 4.79 Å². The van der Waals surface area contributed by atoms with Gasteiger partial charge in [0, 0.05) is 6.42 Å². The molecule has 1 amide bonds. The lowest BCUT2D eigenvalue weighted by Crippen LogP contribution is -2.29. The van der Waals surface area contributed by atoms with Crippen LogP contribution in [0.15, 0.2) is 84.9 Å². The molecule has 0 saturated heterocycles. The summed E-state index contributed by atoms with van der Waals surface area (Å²) in [5.41, 5.74) is 4.75. The van der Waals surface area contributed by atoms with Crippen LogP contribution in [0.5, 0.6) is 0 Å². The van der Waals surface area contributed by atoms with E-state index in [1.807, 2.05) is 36.4 Å². The van der Waals surface area contributed by atoms with E-state index in [1.165, 1.54) is 11.1 Å². The highest BCUT2D eigenvalue weighted by molar-refractivity contribution is 5.77. The van der Waals surface area contributed by atoms with Crippen LogP contribution in [0, 0.1) is 6.92 Å². The van der Waals surface area contributed by atoms with E-state index in [1.54, 1.807) is 0 Å². The Morgan fingerprint density at radius 3 is 1.88 bits per heavy atom. The van der Waals surface area contributed by atoms with Crippen LogP contribution in [0.1, 0.15) is 41.1 Å². The van der Waals surface area contributed by atoms with E-state index in [2.05, 4.69) is 60.8 Å². The fraction of sp³-hybridized carbons (Fsp3) is 0.208. The second-order valence-electron chi connectivity index (χ2n) is 6.66. The van der Waals surface area contributed by atoms with Crippen molar-refractivity contribution in [3.63, 3.8) is 0 Å². The predicted molar refractivity (Wildman–Crippen MR) is 107 cm³/mol. The van der Waals surface area contributed by atoms with Gasteiger partial charge >= 0.3 is 0 Å². The van der Waals surface area contributed by atoms with Gasteiger partial charge in [-0.25, -0.2) is 0 Å². The number of hydrogen-bond donors (Lipinski definition) is 1. The Bertz CT molecular complexity index is 770. The number of aryl methyl sites for hydroxylation is 2. The molecule has 1 N–H and O–H groups in total. The van der Waals surface area contributed by atoms with Crippen molar-refractivity contribution in [2.75, 3.05) is 0 Å². The molecule has 0 aliphatic carbocycles. The summed E-state index contributed by atoms with van der Waals surface area (Å²) in [4.78, 5) is 12.5. The Labute approximate surface area is 155 Å². The standard InChI is InChI=1S/C24H25NO/c1-19-15-17-20(18-16-19)9-8-14-23(26)25-24(21-10-4-2-5-11-21)22-12-6-3-7-13-22/h2-7,10-13,15-18,24H,8-9,14H2,1H3,(H,25,26). The molecular weight excluding hydrogens is 318 g/mol. The van der Waals surface area contributed by atoms with Crippen molar-refractivity contribution in [3.8, 4) is 0 Å². The maximum absolute atomic E-state index is 12.5. The van der Waals surface area contributed by atoms with Crippen LogP contribution in [-0.2, 0) is 11.2 Å². The summed E-state index contributed by atoms with van der Waals surface area (Å²) in [6, 6.07) is 28.7. The van der Waals surface area contributed by atoms with E-state index >= 15 is 0 Å². The molecule has 132 valence electrons. The largest absolute Gasteiger partial charge is 0.345 e. The van der Waals surface area contributed by atoms with Crippen LogP contribution in [-0.4, -0.2) is 5.91 Å². The lowest BCUT2D eigenvalue weighted by Gasteiger charge is -2.20. The first kappa shape index (κ1) is 17.9. The van der Waals surface area contributed by atoms with Crippen LogP contribution in [0.25, 0.3) is 0 Å². The normalized spacial score (nSPS) is 10.7. The number of amides is 1. The highest BCUT2D eigenvalue weighted by Crippen LogP contribution is 2.22. The Kier molecular flexibility index (Phi) is 6.21. The lowest BCUT2D eigenvalue weighted by molar-refractivity contribution is -0.121. The fourth-order valence-electron chi connectivity index (χ4n) is 3.09. The summed E-state index contributed by atoms with van der Waals surface area (Å²) < 4.78 is 0. The Morgan fingerprint density at radius 1 is 0.808 bits per heavy atom. The zero-order chi connectivity index (χ0) is 18.2. The number of hydrogen-bond acceptors (Lipinski definition) is 1. The van der Waals surface area contributed by atoms with Crippen molar-refractivity contribution in [3.05, 3.63) is 107 Å². The number of nitrogens with one attached hydrogen (secondary N) is 1. The van der Waals surface area contributed by atoms with Gasteiger partial charge in [-0.2, -0.15) is 0 Å². The number of carbonyl (C=O) groups is 1. The quantitative estimate of drug-likeness (QED) is 0.626. The third-order valence-electron chi connectivity index (χ3n) is 4.56. The minimum absolute atomic E-state index is 0.0924. The monoisotopic (exact) mass is 343 g/mol. The Morgan fingerprint density at radius 2 is 1.35 bits per heavy atom. The molecule has 0 heterocycles. The van der Waals surface area contributed by atoms with Gasteiger partial charge in [0.25, 0.3) is 0 Å². The van der Waals surface area contributed by atoms with Gasteiger partial charge in [-0.3, -0.25) is 4.79 Å². The molecule has 0 fully saturated rings. The first-order chi connectivity index (χ1) is 12.7. The molecule has 3 aromatic carbocycles. The molecule has 3 rings (SSSR count). The van der Waals surface area contributed by atoms with E-state index in [0.717, 1.165) is 24.0 Å². The minimum atomic E-state index is -0.107. The summed E-state index contributed by atoms with van der Waals surface area (Å²) in [7, 11) is 0. The maximum Gasteiger partial charge on any atom is 0.220 e.